The molecule has 0 spiro atoms. The second-order valence-corrected chi connectivity index (χ2v) is 5.75. The predicted octanol–water partition coefficient (Wildman–Crippen LogP) is 0.00890. The summed E-state index contributed by atoms with van der Waals surface area (Å²) in [5.41, 5.74) is 0.902. The van der Waals surface area contributed by atoms with Crippen LogP contribution in [0.5, 0.6) is 0 Å². The maximum Gasteiger partial charge on any atom is 0.271 e. The van der Waals surface area contributed by atoms with E-state index in [0.29, 0.717) is 11.1 Å². The van der Waals surface area contributed by atoms with E-state index in [1.165, 1.54) is 18.6 Å². The number of aromatic nitrogens is 2. The van der Waals surface area contributed by atoms with E-state index in [9.17, 15) is 19.2 Å². The Morgan fingerprint density at radius 2 is 1.63 bits per heavy atom. The van der Waals surface area contributed by atoms with Crippen molar-refractivity contribution in [3.8, 4) is 0 Å². The maximum absolute atomic E-state index is 12.2. The molecule has 0 fully saturated rings. The number of carbonyl (C=O) groups is 4. The van der Waals surface area contributed by atoms with Gasteiger partial charge in [-0.1, -0.05) is 12.1 Å². The molecule has 0 saturated carbocycles. The number of benzene rings is 1. The highest BCUT2D eigenvalue weighted by Gasteiger charge is 2.34. The molecule has 0 bridgehead atoms. The number of nitrogens with one attached hydrogen (secondary N) is 2. The summed E-state index contributed by atoms with van der Waals surface area (Å²) in [5.74, 6) is -1.48. The molecule has 2 N–H and O–H groups in total. The van der Waals surface area contributed by atoms with Crippen molar-refractivity contribution >= 4 is 23.6 Å². The lowest BCUT2D eigenvalue weighted by Crippen LogP contribution is -2.37. The summed E-state index contributed by atoms with van der Waals surface area (Å²) < 4.78 is 0. The van der Waals surface area contributed by atoms with Crippen LogP contribution in [0.4, 0.5) is 0 Å². The monoisotopic (exact) mass is 367 g/mol. The standard InChI is InChI=1S/C18H17N5O4/c24-15(21-8-9-22-16(25)14-11-19-6-7-20-14)5-10-23-17(26)12-3-1-2-4-13(12)18(23)27/h1-4,6-7,11H,5,8-10H2,(H,21,24)(H,22,25). The van der Waals surface area contributed by atoms with Crippen molar-refractivity contribution in [3.05, 3.63) is 59.7 Å². The van der Waals surface area contributed by atoms with Crippen LogP contribution in [0.1, 0.15) is 37.6 Å². The number of fused-ring (bicyclic) bond motifs is 1. The Morgan fingerprint density at radius 1 is 0.963 bits per heavy atom. The van der Waals surface area contributed by atoms with Crippen LogP contribution in [0.15, 0.2) is 42.9 Å². The molecule has 4 amide bonds. The highest BCUT2D eigenvalue weighted by atomic mass is 16.2. The van der Waals surface area contributed by atoms with Gasteiger partial charge in [0.15, 0.2) is 0 Å². The van der Waals surface area contributed by atoms with Crippen LogP contribution in [0.2, 0.25) is 0 Å². The van der Waals surface area contributed by atoms with E-state index in [1.807, 2.05) is 0 Å². The first-order chi connectivity index (χ1) is 13.1. The van der Waals surface area contributed by atoms with E-state index in [4.69, 9.17) is 0 Å². The number of hydrogen-bond acceptors (Lipinski definition) is 6. The Morgan fingerprint density at radius 3 is 2.26 bits per heavy atom. The first-order valence-electron chi connectivity index (χ1n) is 8.34. The fraction of sp³-hybridized carbons (Fsp3) is 0.222. The Bertz CT molecular complexity index is 849. The van der Waals surface area contributed by atoms with Crippen molar-refractivity contribution in [1.82, 2.24) is 25.5 Å². The molecule has 9 nitrogen and oxygen atoms in total. The fourth-order valence-corrected chi connectivity index (χ4v) is 2.63. The Labute approximate surface area is 154 Å². The number of nitrogens with zero attached hydrogens (tertiary/aromatic N) is 3. The van der Waals surface area contributed by atoms with E-state index < -0.39 is 0 Å². The number of rotatable bonds is 7. The third-order valence-corrected chi connectivity index (χ3v) is 3.97. The van der Waals surface area contributed by atoms with Crippen LogP contribution in [-0.4, -0.2) is 58.1 Å². The van der Waals surface area contributed by atoms with E-state index in [1.54, 1.807) is 24.3 Å². The number of imide groups is 1. The Balaban J connectivity index is 1.39. The summed E-state index contributed by atoms with van der Waals surface area (Å²) in [4.78, 5) is 56.8. The maximum atomic E-state index is 12.2. The van der Waals surface area contributed by atoms with E-state index in [2.05, 4.69) is 20.6 Å². The van der Waals surface area contributed by atoms with Gasteiger partial charge in [0.2, 0.25) is 5.91 Å². The molecular formula is C18H17N5O4. The van der Waals surface area contributed by atoms with E-state index >= 15 is 0 Å². The van der Waals surface area contributed by atoms with Crippen molar-refractivity contribution in [2.75, 3.05) is 19.6 Å². The smallest absolute Gasteiger partial charge is 0.271 e. The van der Waals surface area contributed by atoms with Gasteiger partial charge in [0, 0.05) is 38.4 Å². The number of carbonyl (C=O) groups excluding carboxylic acids is 4. The first kappa shape index (κ1) is 18.2. The minimum atomic E-state index is -0.389. The third kappa shape index (κ3) is 4.14. The largest absolute Gasteiger partial charge is 0.354 e. The minimum absolute atomic E-state index is 0.00411. The lowest BCUT2D eigenvalue weighted by atomic mass is 10.1. The molecule has 1 aliphatic rings. The van der Waals surface area contributed by atoms with Gasteiger partial charge in [-0.25, -0.2) is 4.98 Å². The molecular weight excluding hydrogens is 350 g/mol. The molecule has 1 aromatic carbocycles. The fourth-order valence-electron chi connectivity index (χ4n) is 2.63. The SMILES string of the molecule is O=C(CCN1C(=O)c2ccccc2C1=O)NCCNC(=O)c1cnccn1. The molecule has 2 aromatic rings. The summed E-state index contributed by atoms with van der Waals surface area (Å²) in [6, 6.07) is 6.57. The summed E-state index contributed by atoms with van der Waals surface area (Å²) in [6.07, 6.45) is 4.21. The number of hydrogen-bond donors (Lipinski definition) is 2. The highest BCUT2D eigenvalue weighted by molar-refractivity contribution is 6.21. The zero-order chi connectivity index (χ0) is 19.2. The van der Waals surface area contributed by atoms with Gasteiger partial charge < -0.3 is 10.6 Å². The summed E-state index contributed by atoms with van der Waals surface area (Å²) in [5, 5.41) is 5.23. The minimum Gasteiger partial charge on any atom is -0.354 e. The van der Waals surface area contributed by atoms with Crippen LogP contribution < -0.4 is 10.6 Å². The highest BCUT2D eigenvalue weighted by Crippen LogP contribution is 2.22. The molecule has 2 heterocycles. The second-order valence-electron chi connectivity index (χ2n) is 5.75. The van der Waals surface area contributed by atoms with E-state index in [0.717, 1.165) is 4.90 Å². The van der Waals surface area contributed by atoms with Gasteiger partial charge >= 0.3 is 0 Å². The van der Waals surface area contributed by atoms with Gasteiger partial charge in [0.25, 0.3) is 17.7 Å². The van der Waals surface area contributed by atoms with Crippen LogP contribution in [0.3, 0.4) is 0 Å². The van der Waals surface area contributed by atoms with Gasteiger partial charge in [-0.2, -0.15) is 0 Å². The topological polar surface area (TPSA) is 121 Å². The lowest BCUT2D eigenvalue weighted by Gasteiger charge is -2.13. The first-order valence-corrected chi connectivity index (χ1v) is 8.34. The second kappa shape index (κ2) is 8.17. The molecule has 138 valence electrons. The van der Waals surface area contributed by atoms with E-state index in [-0.39, 0.29) is 55.4 Å². The molecule has 1 aromatic heterocycles. The predicted molar refractivity (Wildman–Crippen MR) is 93.8 cm³/mol. The lowest BCUT2D eigenvalue weighted by molar-refractivity contribution is -0.121. The van der Waals surface area contributed by atoms with Crippen molar-refractivity contribution in [2.24, 2.45) is 0 Å². The Kier molecular flexibility index (Phi) is 5.50. The molecule has 27 heavy (non-hydrogen) atoms. The zero-order valence-electron chi connectivity index (χ0n) is 14.3. The van der Waals surface area contributed by atoms with Gasteiger partial charge in [0.1, 0.15) is 5.69 Å². The third-order valence-electron chi connectivity index (χ3n) is 3.97. The van der Waals surface area contributed by atoms with Crippen LogP contribution in [0, 0.1) is 0 Å². The van der Waals surface area contributed by atoms with Crippen molar-refractivity contribution in [2.45, 2.75) is 6.42 Å². The van der Waals surface area contributed by atoms with Crippen LogP contribution in [0.25, 0.3) is 0 Å². The van der Waals surface area contributed by atoms with Crippen molar-refractivity contribution in [1.29, 1.82) is 0 Å². The van der Waals surface area contributed by atoms with Gasteiger partial charge in [-0.3, -0.25) is 29.1 Å². The summed E-state index contributed by atoms with van der Waals surface area (Å²) in [7, 11) is 0. The van der Waals surface area contributed by atoms with Crippen LogP contribution >= 0.6 is 0 Å². The normalized spacial score (nSPS) is 12.7. The molecule has 3 rings (SSSR count). The molecule has 0 atom stereocenters. The summed E-state index contributed by atoms with van der Waals surface area (Å²) in [6.45, 7) is 0.436. The Hall–Kier alpha value is -3.62. The molecule has 0 radical (unpaired) electrons. The van der Waals surface area contributed by atoms with Gasteiger partial charge in [-0.15, -0.1) is 0 Å². The molecule has 0 aliphatic carbocycles. The molecule has 0 unspecified atom stereocenters. The summed E-state index contributed by atoms with van der Waals surface area (Å²) >= 11 is 0. The molecule has 0 saturated heterocycles. The van der Waals surface area contributed by atoms with Gasteiger partial charge in [-0.05, 0) is 12.1 Å². The average Bonchev–Trinajstić information content (AvgIpc) is 2.94. The molecule has 1 aliphatic heterocycles. The average molecular weight is 367 g/mol. The quantitative estimate of drug-likeness (QED) is 0.525. The zero-order valence-corrected chi connectivity index (χ0v) is 14.3. The van der Waals surface area contributed by atoms with Crippen molar-refractivity contribution in [3.63, 3.8) is 0 Å². The van der Waals surface area contributed by atoms with Gasteiger partial charge in [0.05, 0.1) is 17.3 Å². The van der Waals surface area contributed by atoms with Crippen molar-refractivity contribution < 1.29 is 19.2 Å². The van der Waals surface area contributed by atoms with Crippen LogP contribution in [-0.2, 0) is 4.79 Å². The molecule has 9 heteroatoms. The number of amides is 4.